The summed E-state index contributed by atoms with van der Waals surface area (Å²) in [5, 5.41) is 6.72. The molecule has 1 aromatic carbocycles. The standard InChI is InChI=1S/C18H32N4.HI/c1-5-16(3)21-18(19-6-2)20-13-10-14-22(4)15-17-11-8-7-9-12-17;/h7-9,11-12,16H,5-6,10,13-15H2,1-4H3,(H2,19,20,21);1H. The number of hydrogen-bond acceptors (Lipinski definition) is 2. The molecule has 0 aromatic heterocycles. The van der Waals surface area contributed by atoms with Crippen LogP contribution in [0.3, 0.4) is 0 Å². The minimum absolute atomic E-state index is 0. The van der Waals surface area contributed by atoms with E-state index in [4.69, 9.17) is 0 Å². The fourth-order valence-electron chi connectivity index (χ4n) is 2.16. The molecule has 4 nitrogen and oxygen atoms in total. The highest BCUT2D eigenvalue weighted by Crippen LogP contribution is 2.02. The number of benzene rings is 1. The maximum absolute atomic E-state index is 4.65. The summed E-state index contributed by atoms with van der Waals surface area (Å²) in [6, 6.07) is 11.1. The largest absolute Gasteiger partial charge is 0.357 e. The summed E-state index contributed by atoms with van der Waals surface area (Å²) in [6.45, 7) is 10.3. The summed E-state index contributed by atoms with van der Waals surface area (Å²) in [7, 11) is 2.17. The third-order valence-electron chi connectivity index (χ3n) is 3.60. The zero-order valence-corrected chi connectivity index (χ0v) is 17.3. The van der Waals surface area contributed by atoms with Crippen molar-refractivity contribution >= 4 is 29.9 Å². The second-order valence-electron chi connectivity index (χ2n) is 5.79. The van der Waals surface area contributed by atoms with Gasteiger partial charge in [-0.3, -0.25) is 4.99 Å². The number of guanidine groups is 1. The first kappa shape index (κ1) is 22.2. The van der Waals surface area contributed by atoms with Crippen molar-refractivity contribution in [3.8, 4) is 0 Å². The Morgan fingerprint density at radius 1 is 1.22 bits per heavy atom. The van der Waals surface area contributed by atoms with Crippen LogP contribution in [0.1, 0.15) is 39.2 Å². The summed E-state index contributed by atoms with van der Waals surface area (Å²) in [4.78, 5) is 7.00. The maximum Gasteiger partial charge on any atom is 0.191 e. The van der Waals surface area contributed by atoms with E-state index in [0.717, 1.165) is 45.0 Å². The number of halogens is 1. The van der Waals surface area contributed by atoms with Gasteiger partial charge in [-0.2, -0.15) is 0 Å². The van der Waals surface area contributed by atoms with Crippen molar-refractivity contribution in [2.24, 2.45) is 4.99 Å². The van der Waals surface area contributed by atoms with Crippen LogP contribution in [0.4, 0.5) is 0 Å². The number of hydrogen-bond donors (Lipinski definition) is 2. The van der Waals surface area contributed by atoms with Gasteiger partial charge >= 0.3 is 0 Å². The maximum atomic E-state index is 4.65. The van der Waals surface area contributed by atoms with Crippen LogP contribution >= 0.6 is 24.0 Å². The first-order valence-electron chi connectivity index (χ1n) is 8.43. The van der Waals surface area contributed by atoms with E-state index in [1.54, 1.807) is 0 Å². The zero-order valence-electron chi connectivity index (χ0n) is 15.0. The summed E-state index contributed by atoms with van der Waals surface area (Å²) in [6.07, 6.45) is 2.17. The molecule has 1 aromatic rings. The van der Waals surface area contributed by atoms with Gasteiger partial charge in [0.2, 0.25) is 0 Å². The first-order valence-corrected chi connectivity index (χ1v) is 8.43. The molecule has 0 spiro atoms. The minimum Gasteiger partial charge on any atom is -0.357 e. The normalized spacial score (nSPS) is 12.7. The Balaban J connectivity index is 0.00000484. The first-order chi connectivity index (χ1) is 10.7. The van der Waals surface area contributed by atoms with Crippen LogP contribution in [0.5, 0.6) is 0 Å². The lowest BCUT2D eigenvalue weighted by molar-refractivity contribution is 0.324. The van der Waals surface area contributed by atoms with E-state index in [-0.39, 0.29) is 24.0 Å². The molecule has 0 aliphatic carbocycles. The topological polar surface area (TPSA) is 39.7 Å². The van der Waals surface area contributed by atoms with Gasteiger partial charge in [0.1, 0.15) is 0 Å². The highest BCUT2D eigenvalue weighted by molar-refractivity contribution is 14.0. The van der Waals surface area contributed by atoms with E-state index >= 15 is 0 Å². The molecule has 132 valence electrons. The Labute approximate surface area is 159 Å². The number of aliphatic imine (C=N–C) groups is 1. The van der Waals surface area contributed by atoms with Crippen LogP contribution in [0.25, 0.3) is 0 Å². The smallest absolute Gasteiger partial charge is 0.191 e. The van der Waals surface area contributed by atoms with Crippen molar-refractivity contribution in [1.29, 1.82) is 0 Å². The summed E-state index contributed by atoms with van der Waals surface area (Å²) in [5.41, 5.74) is 1.36. The van der Waals surface area contributed by atoms with Crippen LogP contribution in [-0.2, 0) is 6.54 Å². The van der Waals surface area contributed by atoms with Crippen LogP contribution in [0.15, 0.2) is 35.3 Å². The Morgan fingerprint density at radius 3 is 2.52 bits per heavy atom. The molecular formula is C18H33IN4. The number of rotatable bonds is 9. The van der Waals surface area contributed by atoms with Gasteiger partial charge in [-0.15, -0.1) is 24.0 Å². The van der Waals surface area contributed by atoms with Gasteiger partial charge in [0.25, 0.3) is 0 Å². The minimum atomic E-state index is 0. The van der Waals surface area contributed by atoms with Crippen molar-refractivity contribution in [3.63, 3.8) is 0 Å². The molecule has 0 aliphatic rings. The zero-order chi connectivity index (χ0) is 16.2. The van der Waals surface area contributed by atoms with Crippen molar-refractivity contribution in [1.82, 2.24) is 15.5 Å². The van der Waals surface area contributed by atoms with Crippen LogP contribution < -0.4 is 10.6 Å². The van der Waals surface area contributed by atoms with Crippen molar-refractivity contribution in [2.75, 3.05) is 26.7 Å². The average molecular weight is 432 g/mol. The number of nitrogens with one attached hydrogen (secondary N) is 2. The highest BCUT2D eigenvalue weighted by Gasteiger charge is 2.03. The molecular weight excluding hydrogens is 399 g/mol. The molecule has 5 heteroatoms. The lowest BCUT2D eigenvalue weighted by Gasteiger charge is -2.17. The fraction of sp³-hybridized carbons (Fsp3) is 0.611. The lowest BCUT2D eigenvalue weighted by atomic mass is 10.2. The van der Waals surface area contributed by atoms with E-state index in [1.807, 2.05) is 0 Å². The predicted molar refractivity (Wildman–Crippen MR) is 112 cm³/mol. The molecule has 0 amide bonds. The van der Waals surface area contributed by atoms with Gasteiger partial charge < -0.3 is 15.5 Å². The molecule has 0 bridgehead atoms. The molecule has 0 aliphatic heterocycles. The van der Waals surface area contributed by atoms with Gasteiger partial charge in [-0.1, -0.05) is 37.3 Å². The average Bonchev–Trinajstić information content (AvgIpc) is 2.52. The van der Waals surface area contributed by atoms with Gasteiger partial charge in [0, 0.05) is 25.7 Å². The lowest BCUT2D eigenvalue weighted by Crippen LogP contribution is -2.42. The Morgan fingerprint density at radius 2 is 1.91 bits per heavy atom. The van der Waals surface area contributed by atoms with Crippen molar-refractivity contribution in [2.45, 2.75) is 46.2 Å². The monoisotopic (exact) mass is 432 g/mol. The van der Waals surface area contributed by atoms with E-state index in [0.29, 0.717) is 6.04 Å². The highest BCUT2D eigenvalue weighted by atomic mass is 127. The Hall–Kier alpha value is -0.820. The Kier molecular flexibility index (Phi) is 13.1. The molecule has 0 radical (unpaired) electrons. The fourth-order valence-corrected chi connectivity index (χ4v) is 2.16. The predicted octanol–water partition coefficient (Wildman–Crippen LogP) is 3.48. The quantitative estimate of drug-likeness (QED) is 0.272. The van der Waals surface area contributed by atoms with Gasteiger partial charge in [0.05, 0.1) is 0 Å². The second-order valence-corrected chi connectivity index (χ2v) is 5.79. The molecule has 0 heterocycles. The third kappa shape index (κ3) is 10.5. The van der Waals surface area contributed by atoms with E-state index in [9.17, 15) is 0 Å². The molecule has 0 saturated heterocycles. The van der Waals surface area contributed by atoms with Crippen LogP contribution in [0.2, 0.25) is 0 Å². The van der Waals surface area contributed by atoms with Crippen LogP contribution in [-0.4, -0.2) is 43.6 Å². The van der Waals surface area contributed by atoms with E-state index < -0.39 is 0 Å². The van der Waals surface area contributed by atoms with Crippen LogP contribution in [0, 0.1) is 0 Å². The van der Waals surface area contributed by atoms with Gasteiger partial charge in [0.15, 0.2) is 5.96 Å². The van der Waals surface area contributed by atoms with Gasteiger partial charge in [-0.05, 0) is 45.8 Å². The molecule has 2 N–H and O–H groups in total. The van der Waals surface area contributed by atoms with Gasteiger partial charge in [-0.25, -0.2) is 0 Å². The number of nitrogens with zero attached hydrogens (tertiary/aromatic N) is 2. The molecule has 1 rings (SSSR count). The molecule has 0 fully saturated rings. The van der Waals surface area contributed by atoms with Crippen molar-refractivity contribution in [3.05, 3.63) is 35.9 Å². The van der Waals surface area contributed by atoms with Crippen molar-refractivity contribution < 1.29 is 0 Å². The summed E-state index contributed by atoms with van der Waals surface area (Å²) in [5.74, 6) is 0.933. The molecule has 1 atom stereocenters. The summed E-state index contributed by atoms with van der Waals surface area (Å²) < 4.78 is 0. The van der Waals surface area contributed by atoms with E-state index in [2.05, 4.69) is 78.7 Å². The van der Waals surface area contributed by atoms with E-state index in [1.165, 1.54) is 5.56 Å². The molecule has 1 unspecified atom stereocenters. The second kappa shape index (κ2) is 13.6. The SMILES string of the molecule is CCNC(=NCCCN(C)Cc1ccccc1)NC(C)CC.I. The molecule has 23 heavy (non-hydrogen) atoms. The summed E-state index contributed by atoms with van der Waals surface area (Å²) >= 11 is 0. The third-order valence-corrected chi connectivity index (χ3v) is 3.60. The Bertz CT molecular complexity index is 422. The molecule has 0 saturated carbocycles.